The van der Waals surface area contributed by atoms with Gasteiger partial charge in [0.2, 0.25) is 0 Å². The van der Waals surface area contributed by atoms with Crippen molar-refractivity contribution in [2.45, 2.75) is 71.3 Å². The van der Waals surface area contributed by atoms with Gasteiger partial charge in [-0.2, -0.15) is 0 Å². The standard InChI is InChI=1S/C30H34F3N5O4S/c1-18-11-21(13-22(12-18)42-30(31,32)33)28-25(17-38-8-4-3-5-19(38)2)43-27(36-28)14-24(39)23-15-35-26(16-34-23)37-9-6-20(7-10-37)29(40)41/h11-13,15-16,19-20H,3-10,14,17H2,1-2H3,(H,40,41)/t19-/m1/s1. The number of carboxylic acids is 1. The van der Waals surface area contributed by atoms with Gasteiger partial charge in [0, 0.05) is 36.1 Å². The Kier molecular flexibility index (Phi) is 9.30. The number of halogens is 3. The Bertz CT molecular complexity index is 1450. The molecule has 0 spiro atoms. The van der Waals surface area contributed by atoms with E-state index >= 15 is 0 Å². The molecule has 0 bridgehead atoms. The van der Waals surface area contributed by atoms with Crippen molar-refractivity contribution in [3.05, 3.63) is 51.7 Å². The van der Waals surface area contributed by atoms with E-state index in [9.17, 15) is 27.9 Å². The molecule has 13 heteroatoms. The summed E-state index contributed by atoms with van der Waals surface area (Å²) in [5, 5.41) is 9.76. The van der Waals surface area contributed by atoms with Crippen molar-refractivity contribution in [2.24, 2.45) is 5.92 Å². The second-order valence-corrected chi connectivity index (χ2v) is 12.4. The average molecular weight is 618 g/mol. The molecule has 230 valence electrons. The molecule has 3 aromatic rings. The lowest BCUT2D eigenvalue weighted by Gasteiger charge is -2.33. The number of rotatable bonds is 9. The lowest BCUT2D eigenvalue weighted by atomic mass is 9.97. The Morgan fingerprint density at radius 3 is 2.49 bits per heavy atom. The predicted octanol–water partition coefficient (Wildman–Crippen LogP) is 5.91. The second kappa shape index (κ2) is 13.0. The molecule has 5 rings (SSSR count). The fourth-order valence-corrected chi connectivity index (χ4v) is 6.79. The van der Waals surface area contributed by atoms with Crippen LogP contribution in [0.5, 0.6) is 5.75 Å². The molecule has 0 amide bonds. The molecule has 2 saturated heterocycles. The van der Waals surface area contributed by atoms with Gasteiger partial charge in [0.1, 0.15) is 22.3 Å². The lowest BCUT2D eigenvalue weighted by Crippen LogP contribution is -2.36. The highest BCUT2D eigenvalue weighted by atomic mass is 32.1. The third-order valence-electron chi connectivity index (χ3n) is 7.99. The maximum absolute atomic E-state index is 13.2. The largest absolute Gasteiger partial charge is 0.573 e. The molecule has 2 aromatic heterocycles. The minimum absolute atomic E-state index is 0.0248. The number of benzene rings is 1. The van der Waals surface area contributed by atoms with Crippen molar-refractivity contribution in [1.29, 1.82) is 0 Å². The summed E-state index contributed by atoms with van der Waals surface area (Å²) in [5.74, 6) is -1.14. The molecule has 1 aromatic carbocycles. The van der Waals surface area contributed by atoms with Gasteiger partial charge in [0.15, 0.2) is 5.78 Å². The number of aryl methyl sites for hydroxylation is 1. The molecule has 0 unspecified atom stereocenters. The van der Waals surface area contributed by atoms with E-state index in [1.807, 2.05) is 4.90 Å². The molecule has 0 aliphatic carbocycles. The Morgan fingerprint density at radius 1 is 1.07 bits per heavy atom. The van der Waals surface area contributed by atoms with Crippen LogP contribution in [0.2, 0.25) is 0 Å². The number of anilines is 1. The van der Waals surface area contributed by atoms with Crippen LogP contribution >= 0.6 is 11.3 Å². The van der Waals surface area contributed by atoms with Crippen molar-refractivity contribution in [3.63, 3.8) is 0 Å². The van der Waals surface area contributed by atoms with Crippen LogP contribution in [0.25, 0.3) is 11.3 Å². The first-order chi connectivity index (χ1) is 20.4. The van der Waals surface area contributed by atoms with Gasteiger partial charge in [0.05, 0.1) is 30.4 Å². The van der Waals surface area contributed by atoms with Crippen LogP contribution in [0.15, 0.2) is 30.6 Å². The monoisotopic (exact) mass is 617 g/mol. The fraction of sp³-hybridized carbons (Fsp3) is 0.500. The van der Waals surface area contributed by atoms with E-state index in [1.54, 1.807) is 13.0 Å². The zero-order valence-electron chi connectivity index (χ0n) is 24.1. The number of Topliss-reactive ketones (excluding diaryl/α,β-unsaturated/α-hetero) is 1. The molecule has 1 N–H and O–H groups in total. The number of likely N-dealkylation sites (tertiary alicyclic amines) is 1. The third-order valence-corrected chi connectivity index (χ3v) is 9.03. The zero-order chi connectivity index (χ0) is 30.7. The number of carbonyl (C=O) groups excluding carboxylic acids is 1. The Hall–Kier alpha value is -3.58. The number of carboxylic acid groups (broad SMARTS) is 1. The molecule has 9 nitrogen and oxygen atoms in total. The van der Waals surface area contributed by atoms with Gasteiger partial charge in [-0.05, 0) is 69.8 Å². The van der Waals surface area contributed by atoms with E-state index in [1.165, 1.54) is 35.9 Å². The first-order valence-electron chi connectivity index (χ1n) is 14.4. The van der Waals surface area contributed by atoms with Crippen molar-refractivity contribution in [1.82, 2.24) is 19.9 Å². The SMILES string of the molecule is Cc1cc(OC(F)(F)F)cc(-c2nc(CC(=O)c3cnc(N4CCC(C(=O)O)CC4)cn3)sc2CN2CCCC[C@H]2C)c1. The van der Waals surface area contributed by atoms with E-state index in [4.69, 9.17) is 4.98 Å². The third kappa shape index (κ3) is 7.88. The van der Waals surface area contributed by atoms with Gasteiger partial charge in [-0.3, -0.25) is 14.5 Å². The zero-order valence-corrected chi connectivity index (χ0v) is 24.9. The summed E-state index contributed by atoms with van der Waals surface area (Å²) < 4.78 is 43.2. The first-order valence-corrected chi connectivity index (χ1v) is 15.2. The lowest BCUT2D eigenvalue weighted by molar-refractivity contribution is -0.274. The van der Waals surface area contributed by atoms with Crippen LogP contribution in [0.1, 0.15) is 65.0 Å². The topological polar surface area (TPSA) is 109 Å². The molecule has 2 fully saturated rings. The van der Waals surface area contributed by atoms with E-state index in [-0.39, 0.29) is 29.6 Å². The number of hydrogen-bond acceptors (Lipinski definition) is 9. The van der Waals surface area contributed by atoms with Gasteiger partial charge in [-0.15, -0.1) is 24.5 Å². The molecular formula is C30H34F3N5O4S. The summed E-state index contributed by atoms with van der Waals surface area (Å²) in [6, 6.07) is 4.81. The fourth-order valence-electron chi connectivity index (χ4n) is 5.67. The quantitative estimate of drug-likeness (QED) is 0.293. The number of piperidine rings is 2. The number of nitrogens with zero attached hydrogens (tertiary/aromatic N) is 5. The van der Waals surface area contributed by atoms with Gasteiger partial charge in [0.25, 0.3) is 0 Å². The molecule has 2 aliphatic rings. The van der Waals surface area contributed by atoms with Gasteiger partial charge in [-0.1, -0.05) is 6.42 Å². The number of aromatic nitrogens is 3. The van der Waals surface area contributed by atoms with Crippen LogP contribution in [-0.4, -0.2) is 68.7 Å². The van der Waals surface area contributed by atoms with Gasteiger partial charge in [-0.25, -0.2) is 15.0 Å². The molecule has 4 heterocycles. The number of carbonyl (C=O) groups is 2. The first kappa shape index (κ1) is 30.9. The molecular weight excluding hydrogens is 583 g/mol. The number of ketones is 1. The Morgan fingerprint density at radius 2 is 1.84 bits per heavy atom. The van der Waals surface area contributed by atoms with Crippen molar-refractivity contribution >= 4 is 28.9 Å². The summed E-state index contributed by atoms with van der Waals surface area (Å²) in [6.45, 7) is 6.47. The van der Waals surface area contributed by atoms with E-state index in [2.05, 4.69) is 26.5 Å². The number of ether oxygens (including phenoxy) is 1. The minimum Gasteiger partial charge on any atom is -0.481 e. The van der Waals surface area contributed by atoms with E-state index in [0.29, 0.717) is 66.2 Å². The van der Waals surface area contributed by atoms with E-state index in [0.717, 1.165) is 30.7 Å². The van der Waals surface area contributed by atoms with Crippen LogP contribution in [-0.2, 0) is 17.8 Å². The molecule has 0 radical (unpaired) electrons. The van der Waals surface area contributed by atoms with Gasteiger partial charge >= 0.3 is 12.3 Å². The summed E-state index contributed by atoms with van der Waals surface area (Å²) in [4.78, 5) is 43.1. The molecule has 0 saturated carbocycles. The van der Waals surface area contributed by atoms with E-state index < -0.39 is 12.3 Å². The molecule has 1 atom stereocenters. The summed E-state index contributed by atoms with van der Waals surface area (Å²) >= 11 is 1.39. The smallest absolute Gasteiger partial charge is 0.481 e. The summed E-state index contributed by atoms with van der Waals surface area (Å²) in [7, 11) is 0. The highest BCUT2D eigenvalue weighted by Crippen LogP contribution is 2.35. The minimum atomic E-state index is -4.82. The molecule has 43 heavy (non-hydrogen) atoms. The van der Waals surface area contributed by atoms with Crippen molar-refractivity contribution in [2.75, 3.05) is 24.5 Å². The van der Waals surface area contributed by atoms with Crippen molar-refractivity contribution < 1.29 is 32.6 Å². The number of alkyl halides is 3. The number of aliphatic carboxylic acids is 1. The Balaban J connectivity index is 1.36. The highest BCUT2D eigenvalue weighted by molar-refractivity contribution is 7.12. The number of thiazole rings is 1. The van der Waals surface area contributed by atoms with Gasteiger partial charge < -0.3 is 14.7 Å². The van der Waals surface area contributed by atoms with Crippen LogP contribution in [0, 0.1) is 12.8 Å². The molecule has 2 aliphatic heterocycles. The normalized spacial score (nSPS) is 18.5. The van der Waals surface area contributed by atoms with Crippen LogP contribution in [0.3, 0.4) is 0 Å². The summed E-state index contributed by atoms with van der Waals surface area (Å²) in [5.41, 5.74) is 1.84. The predicted molar refractivity (Wildman–Crippen MR) is 155 cm³/mol. The van der Waals surface area contributed by atoms with Crippen molar-refractivity contribution in [3.8, 4) is 17.0 Å². The highest BCUT2D eigenvalue weighted by Gasteiger charge is 2.32. The average Bonchev–Trinajstić information content (AvgIpc) is 3.35. The summed E-state index contributed by atoms with van der Waals surface area (Å²) in [6.07, 6.45) is 2.45. The van der Waals surface area contributed by atoms with Crippen LogP contribution < -0.4 is 9.64 Å². The second-order valence-electron chi connectivity index (χ2n) is 11.2. The Labute approximate surface area is 251 Å². The number of hydrogen-bond donors (Lipinski definition) is 1. The van der Waals surface area contributed by atoms with Crippen LogP contribution in [0.4, 0.5) is 19.0 Å². The maximum Gasteiger partial charge on any atom is 0.573 e. The maximum atomic E-state index is 13.2.